The average molecular weight is 337 g/mol. The van der Waals surface area contributed by atoms with E-state index in [0.29, 0.717) is 16.7 Å². The van der Waals surface area contributed by atoms with Crippen LogP contribution in [0.4, 0.5) is 8.78 Å². The quantitative estimate of drug-likeness (QED) is 0.730. The van der Waals surface area contributed by atoms with Crippen LogP contribution in [-0.2, 0) is 17.8 Å². The van der Waals surface area contributed by atoms with Gasteiger partial charge < -0.3 is 5.32 Å². The number of carbonyl (C=O) groups is 1. The summed E-state index contributed by atoms with van der Waals surface area (Å²) in [5.41, 5.74) is 2.57. The van der Waals surface area contributed by atoms with Gasteiger partial charge in [0, 0.05) is 12.1 Å². The van der Waals surface area contributed by atoms with Crippen LogP contribution in [0.1, 0.15) is 11.1 Å². The van der Waals surface area contributed by atoms with Gasteiger partial charge in [0.25, 0.3) is 0 Å². The molecule has 0 unspecified atom stereocenters. The second kappa shape index (κ2) is 7.71. The molecule has 2 nitrogen and oxygen atoms in total. The molecule has 0 heterocycles. The molecule has 0 fully saturated rings. The summed E-state index contributed by atoms with van der Waals surface area (Å²) in [6.07, 6.45) is 0.0707. The molecule has 126 valence electrons. The lowest BCUT2D eigenvalue weighted by Gasteiger charge is -2.08. The molecule has 0 aliphatic heterocycles. The largest absolute Gasteiger partial charge is 0.352 e. The first kappa shape index (κ1) is 16.8. The minimum Gasteiger partial charge on any atom is -0.352 e. The minimum atomic E-state index is -0.360. The Balaban J connectivity index is 1.63. The Labute approximate surface area is 145 Å². The normalized spacial score (nSPS) is 10.5. The van der Waals surface area contributed by atoms with E-state index in [-0.39, 0.29) is 30.5 Å². The second-order valence-corrected chi connectivity index (χ2v) is 5.76. The number of hydrogen-bond acceptors (Lipinski definition) is 1. The third-order valence-electron chi connectivity index (χ3n) is 3.86. The van der Waals surface area contributed by atoms with Crippen molar-refractivity contribution in [2.24, 2.45) is 0 Å². The van der Waals surface area contributed by atoms with E-state index in [4.69, 9.17) is 0 Å². The van der Waals surface area contributed by atoms with Crippen molar-refractivity contribution >= 4 is 5.91 Å². The number of carbonyl (C=O) groups excluding carboxylic acids is 1. The topological polar surface area (TPSA) is 29.1 Å². The Hall–Kier alpha value is -3.01. The molecule has 0 radical (unpaired) electrons. The van der Waals surface area contributed by atoms with Gasteiger partial charge in [-0.05, 0) is 34.9 Å². The van der Waals surface area contributed by atoms with E-state index in [2.05, 4.69) is 5.32 Å². The van der Waals surface area contributed by atoms with Crippen molar-refractivity contribution in [1.29, 1.82) is 0 Å². The molecule has 0 atom stereocenters. The maximum absolute atomic E-state index is 14.3. The maximum atomic E-state index is 14.3. The molecule has 1 N–H and O–H groups in total. The monoisotopic (exact) mass is 337 g/mol. The highest BCUT2D eigenvalue weighted by Crippen LogP contribution is 2.23. The first-order valence-electron chi connectivity index (χ1n) is 7.97. The van der Waals surface area contributed by atoms with Gasteiger partial charge in [-0.2, -0.15) is 0 Å². The lowest BCUT2D eigenvalue weighted by Crippen LogP contribution is -2.24. The van der Waals surface area contributed by atoms with E-state index in [9.17, 15) is 13.6 Å². The van der Waals surface area contributed by atoms with Gasteiger partial charge >= 0.3 is 0 Å². The van der Waals surface area contributed by atoms with Crippen LogP contribution in [0.3, 0.4) is 0 Å². The number of hydrogen-bond donors (Lipinski definition) is 1. The Morgan fingerprint density at radius 3 is 2.36 bits per heavy atom. The minimum absolute atomic E-state index is 0.0707. The van der Waals surface area contributed by atoms with Gasteiger partial charge in [-0.3, -0.25) is 4.79 Å². The van der Waals surface area contributed by atoms with Crippen LogP contribution in [0.2, 0.25) is 0 Å². The molecule has 3 rings (SSSR count). The number of halogens is 2. The molecule has 0 saturated carbocycles. The lowest BCUT2D eigenvalue weighted by molar-refractivity contribution is -0.120. The Bertz CT molecular complexity index is 878. The zero-order valence-electron chi connectivity index (χ0n) is 13.5. The number of nitrogens with one attached hydrogen (secondary N) is 1. The second-order valence-electron chi connectivity index (χ2n) is 5.76. The summed E-state index contributed by atoms with van der Waals surface area (Å²) in [5.74, 6) is -0.942. The van der Waals surface area contributed by atoms with Crippen LogP contribution in [-0.4, -0.2) is 5.91 Å². The van der Waals surface area contributed by atoms with Crippen molar-refractivity contribution in [3.8, 4) is 11.1 Å². The van der Waals surface area contributed by atoms with Crippen molar-refractivity contribution < 1.29 is 13.6 Å². The van der Waals surface area contributed by atoms with Crippen molar-refractivity contribution in [3.05, 3.63) is 95.6 Å². The molecule has 1 amide bonds. The zero-order chi connectivity index (χ0) is 17.6. The third-order valence-corrected chi connectivity index (χ3v) is 3.86. The Morgan fingerprint density at radius 2 is 1.64 bits per heavy atom. The molecular formula is C21H17F2NO. The van der Waals surface area contributed by atoms with Crippen LogP contribution in [0.5, 0.6) is 0 Å². The summed E-state index contributed by atoms with van der Waals surface area (Å²) in [7, 11) is 0. The van der Waals surface area contributed by atoms with Gasteiger partial charge in [0.2, 0.25) is 5.91 Å². The molecule has 3 aromatic carbocycles. The smallest absolute Gasteiger partial charge is 0.224 e. The van der Waals surface area contributed by atoms with Crippen molar-refractivity contribution in [3.63, 3.8) is 0 Å². The van der Waals surface area contributed by atoms with Crippen LogP contribution < -0.4 is 5.32 Å². The first-order chi connectivity index (χ1) is 12.1. The summed E-state index contributed by atoms with van der Waals surface area (Å²) in [5, 5.41) is 2.71. The highest BCUT2D eigenvalue weighted by molar-refractivity contribution is 5.79. The standard InChI is InChI=1S/C21H17F2NO/c22-18-8-4-5-16(11-18)14-24-21(25)13-15-9-10-19(20(23)12-15)17-6-2-1-3-7-17/h1-12H,13-14H2,(H,24,25). The van der Waals surface area contributed by atoms with Crippen molar-refractivity contribution in [2.75, 3.05) is 0 Å². The Kier molecular flexibility index (Phi) is 5.19. The van der Waals surface area contributed by atoms with E-state index in [0.717, 1.165) is 5.56 Å². The van der Waals surface area contributed by atoms with Crippen LogP contribution in [0, 0.1) is 11.6 Å². The summed E-state index contributed by atoms with van der Waals surface area (Å²) >= 11 is 0. The molecule has 0 saturated heterocycles. The molecule has 0 bridgehead atoms. The summed E-state index contributed by atoms with van der Waals surface area (Å²) < 4.78 is 27.4. The average Bonchev–Trinajstić information content (AvgIpc) is 2.61. The van der Waals surface area contributed by atoms with Gasteiger partial charge in [0.05, 0.1) is 6.42 Å². The molecule has 0 aliphatic rings. The fourth-order valence-corrected chi connectivity index (χ4v) is 2.62. The molecule has 3 aromatic rings. The predicted molar refractivity (Wildman–Crippen MR) is 93.8 cm³/mol. The highest BCUT2D eigenvalue weighted by atomic mass is 19.1. The molecular weight excluding hydrogens is 320 g/mol. The first-order valence-corrected chi connectivity index (χ1v) is 7.97. The third kappa shape index (κ3) is 4.51. The highest BCUT2D eigenvalue weighted by Gasteiger charge is 2.09. The SMILES string of the molecule is O=C(Cc1ccc(-c2ccccc2)c(F)c1)NCc1cccc(F)c1. The van der Waals surface area contributed by atoms with Crippen molar-refractivity contribution in [2.45, 2.75) is 13.0 Å². The van der Waals surface area contributed by atoms with E-state index in [1.165, 1.54) is 18.2 Å². The van der Waals surface area contributed by atoms with Crippen LogP contribution >= 0.6 is 0 Å². The van der Waals surface area contributed by atoms with E-state index in [1.54, 1.807) is 24.3 Å². The Morgan fingerprint density at radius 1 is 0.840 bits per heavy atom. The molecule has 0 aliphatic carbocycles. The van der Waals surface area contributed by atoms with Crippen LogP contribution in [0.15, 0.2) is 72.8 Å². The molecule has 0 spiro atoms. The molecule has 0 aromatic heterocycles. The van der Waals surface area contributed by atoms with E-state index < -0.39 is 0 Å². The number of benzene rings is 3. The number of rotatable bonds is 5. The van der Waals surface area contributed by atoms with Crippen molar-refractivity contribution in [1.82, 2.24) is 5.32 Å². The summed E-state index contributed by atoms with van der Waals surface area (Å²) in [6.45, 7) is 0.237. The predicted octanol–water partition coefficient (Wildman–Crippen LogP) is 4.49. The molecule has 25 heavy (non-hydrogen) atoms. The van der Waals surface area contributed by atoms with Gasteiger partial charge in [-0.15, -0.1) is 0 Å². The maximum Gasteiger partial charge on any atom is 0.224 e. The molecule has 4 heteroatoms. The van der Waals surface area contributed by atoms with Gasteiger partial charge in [-0.1, -0.05) is 54.6 Å². The van der Waals surface area contributed by atoms with Gasteiger partial charge in [-0.25, -0.2) is 8.78 Å². The number of amides is 1. The fourth-order valence-electron chi connectivity index (χ4n) is 2.62. The summed E-state index contributed by atoms with van der Waals surface area (Å²) in [6, 6.07) is 20.1. The fraction of sp³-hybridized carbons (Fsp3) is 0.0952. The van der Waals surface area contributed by atoms with Gasteiger partial charge in [0.15, 0.2) is 0 Å². The van der Waals surface area contributed by atoms with Crippen LogP contribution in [0.25, 0.3) is 11.1 Å². The lowest BCUT2D eigenvalue weighted by atomic mass is 10.0. The zero-order valence-corrected chi connectivity index (χ0v) is 13.5. The van der Waals surface area contributed by atoms with E-state index >= 15 is 0 Å². The summed E-state index contributed by atoms with van der Waals surface area (Å²) in [4.78, 5) is 12.0. The van der Waals surface area contributed by atoms with Gasteiger partial charge in [0.1, 0.15) is 11.6 Å². The van der Waals surface area contributed by atoms with E-state index in [1.807, 2.05) is 30.3 Å².